The van der Waals surface area contributed by atoms with Gasteiger partial charge in [0.05, 0.1) is 13.5 Å². The molecule has 3 aliphatic rings. The quantitative estimate of drug-likeness (QED) is 0.871. The van der Waals surface area contributed by atoms with Gasteiger partial charge in [0.15, 0.2) is 0 Å². The van der Waals surface area contributed by atoms with E-state index in [-0.39, 0.29) is 12.3 Å². The van der Waals surface area contributed by atoms with Crippen molar-refractivity contribution in [1.29, 1.82) is 0 Å². The molecular weight excluding hydrogens is 216 g/mol. The molecule has 1 N–H and O–H groups in total. The highest BCUT2D eigenvalue weighted by molar-refractivity contribution is 5.68. The van der Waals surface area contributed by atoms with Crippen LogP contribution in [0.15, 0.2) is 18.2 Å². The van der Waals surface area contributed by atoms with E-state index in [0.717, 1.165) is 18.6 Å². The fourth-order valence-corrected chi connectivity index (χ4v) is 3.33. The number of carboxylic acids is 1. The van der Waals surface area contributed by atoms with Crippen molar-refractivity contribution in [2.45, 2.75) is 31.1 Å². The summed E-state index contributed by atoms with van der Waals surface area (Å²) < 4.78 is 5.25. The van der Waals surface area contributed by atoms with Crippen LogP contribution in [0.5, 0.6) is 5.75 Å². The lowest BCUT2D eigenvalue weighted by Crippen LogP contribution is -2.35. The highest BCUT2D eigenvalue weighted by atomic mass is 16.5. The van der Waals surface area contributed by atoms with Crippen LogP contribution in [-0.4, -0.2) is 18.2 Å². The summed E-state index contributed by atoms with van der Waals surface area (Å²) in [5, 5.41) is 9.00. The van der Waals surface area contributed by atoms with Gasteiger partial charge in [0, 0.05) is 0 Å². The zero-order valence-electron chi connectivity index (χ0n) is 9.85. The molecule has 0 heterocycles. The lowest BCUT2D eigenvalue weighted by molar-refractivity contribution is -0.138. The fourth-order valence-electron chi connectivity index (χ4n) is 3.33. The summed E-state index contributed by atoms with van der Waals surface area (Å²) in [7, 11) is 1.67. The van der Waals surface area contributed by atoms with Crippen molar-refractivity contribution in [3.63, 3.8) is 0 Å². The first-order chi connectivity index (χ1) is 8.19. The molecule has 1 saturated carbocycles. The summed E-state index contributed by atoms with van der Waals surface area (Å²) in [5.74, 6) is 1.61. The Hall–Kier alpha value is -1.51. The molecule has 1 fully saturated rings. The molecule has 90 valence electrons. The largest absolute Gasteiger partial charge is 0.497 e. The van der Waals surface area contributed by atoms with E-state index in [1.54, 1.807) is 7.11 Å². The Morgan fingerprint density at radius 2 is 2.18 bits per heavy atom. The van der Waals surface area contributed by atoms with Gasteiger partial charge < -0.3 is 9.84 Å². The average molecular weight is 232 g/mol. The first-order valence-electron chi connectivity index (χ1n) is 6.08. The van der Waals surface area contributed by atoms with Crippen molar-refractivity contribution < 1.29 is 14.6 Å². The second-order valence-corrected chi connectivity index (χ2v) is 5.13. The zero-order chi connectivity index (χ0) is 12.0. The molecule has 3 heteroatoms. The van der Waals surface area contributed by atoms with Crippen molar-refractivity contribution >= 4 is 5.97 Å². The summed E-state index contributed by atoms with van der Waals surface area (Å²) in [6.07, 6.45) is 2.56. The van der Waals surface area contributed by atoms with Gasteiger partial charge in [-0.15, -0.1) is 0 Å². The molecule has 0 aliphatic heterocycles. The van der Waals surface area contributed by atoms with Gasteiger partial charge in [0.25, 0.3) is 0 Å². The monoisotopic (exact) mass is 232 g/mol. The highest BCUT2D eigenvalue weighted by Crippen LogP contribution is 2.57. The maximum atomic E-state index is 10.9. The number of hydrogen-bond donors (Lipinski definition) is 1. The fraction of sp³-hybridized carbons (Fsp3) is 0.500. The summed E-state index contributed by atoms with van der Waals surface area (Å²) in [6, 6.07) is 6.09. The topological polar surface area (TPSA) is 46.5 Å². The van der Waals surface area contributed by atoms with Gasteiger partial charge in [-0.3, -0.25) is 4.79 Å². The van der Waals surface area contributed by atoms with E-state index in [1.807, 2.05) is 6.07 Å². The van der Waals surface area contributed by atoms with Crippen LogP contribution in [0.3, 0.4) is 0 Å². The van der Waals surface area contributed by atoms with Crippen molar-refractivity contribution in [2.24, 2.45) is 5.92 Å². The van der Waals surface area contributed by atoms with Gasteiger partial charge in [-0.25, -0.2) is 0 Å². The first kappa shape index (κ1) is 10.6. The molecule has 3 nitrogen and oxygen atoms in total. The zero-order valence-corrected chi connectivity index (χ0v) is 9.85. The van der Waals surface area contributed by atoms with Crippen LogP contribution in [0.4, 0.5) is 0 Å². The van der Waals surface area contributed by atoms with Crippen molar-refractivity contribution in [3.05, 3.63) is 29.3 Å². The molecule has 17 heavy (non-hydrogen) atoms. The Labute approximate surface area is 100 Å². The minimum absolute atomic E-state index is 0.207. The third-order valence-electron chi connectivity index (χ3n) is 4.27. The van der Waals surface area contributed by atoms with Gasteiger partial charge in [-0.1, -0.05) is 6.07 Å². The third kappa shape index (κ3) is 1.61. The van der Waals surface area contributed by atoms with E-state index in [0.29, 0.717) is 11.8 Å². The molecule has 1 aromatic carbocycles. The summed E-state index contributed by atoms with van der Waals surface area (Å²) in [6.45, 7) is 0. The van der Waals surface area contributed by atoms with Crippen LogP contribution in [0.2, 0.25) is 0 Å². The van der Waals surface area contributed by atoms with Crippen LogP contribution >= 0.6 is 0 Å². The van der Waals surface area contributed by atoms with Gasteiger partial charge in [0.2, 0.25) is 0 Å². The van der Waals surface area contributed by atoms with E-state index in [9.17, 15) is 4.79 Å². The Bertz CT molecular complexity index is 461. The van der Waals surface area contributed by atoms with E-state index in [1.165, 1.54) is 11.1 Å². The van der Waals surface area contributed by atoms with Crippen molar-refractivity contribution in [3.8, 4) is 5.75 Å². The minimum Gasteiger partial charge on any atom is -0.497 e. The Balaban J connectivity index is 1.99. The number of carbonyl (C=O) groups is 1. The van der Waals surface area contributed by atoms with Crippen molar-refractivity contribution in [2.75, 3.05) is 7.11 Å². The molecule has 0 amide bonds. The number of aliphatic carboxylic acids is 1. The number of benzene rings is 1. The molecule has 1 unspecified atom stereocenters. The maximum Gasteiger partial charge on any atom is 0.303 e. The normalized spacial score (nSPS) is 29.1. The smallest absolute Gasteiger partial charge is 0.303 e. The summed E-state index contributed by atoms with van der Waals surface area (Å²) in [5.41, 5.74) is 2.55. The number of rotatable bonds is 3. The van der Waals surface area contributed by atoms with Crippen LogP contribution in [0.25, 0.3) is 0 Å². The first-order valence-corrected chi connectivity index (χ1v) is 6.08. The van der Waals surface area contributed by atoms with E-state index >= 15 is 0 Å². The summed E-state index contributed by atoms with van der Waals surface area (Å²) in [4.78, 5) is 10.9. The van der Waals surface area contributed by atoms with E-state index < -0.39 is 5.97 Å². The van der Waals surface area contributed by atoms with Gasteiger partial charge in [-0.05, 0) is 53.9 Å². The standard InChI is InChI=1S/C14H16O3/c1-17-10-2-3-11-12(6-10)8-4-9(5-8)13(11)7-14(15)16/h2-3,6,8-9,13H,4-5,7H2,1H3,(H,15,16). The molecule has 0 saturated heterocycles. The number of ether oxygens (including phenoxy) is 1. The number of hydrogen-bond acceptors (Lipinski definition) is 2. The summed E-state index contributed by atoms with van der Waals surface area (Å²) >= 11 is 0. The lowest BCUT2D eigenvalue weighted by atomic mass is 9.57. The van der Waals surface area contributed by atoms with Crippen LogP contribution in [-0.2, 0) is 4.79 Å². The maximum absolute atomic E-state index is 10.9. The Kier molecular flexibility index (Phi) is 2.35. The second kappa shape index (κ2) is 3.76. The van der Waals surface area contributed by atoms with Crippen LogP contribution in [0.1, 0.15) is 42.2 Å². The molecule has 0 aromatic heterocycles. The molecule has 0 spiro atoms. The van der Waals surface area contributed by atoms with Gasteiger partial charge >= 0.3 is 5.97 Å². The molecule has 3 aliphatic carbocycles. The highest BCUT2D eigenvalue weighted by Gasteiger charge is 2.44. The van der Waals surface area contributed by atoms with Gasteiger partial charge in [-0.2, -0.15) is 0 Å². The lowest BCUT2D eigenvalue weighted by Gasteiger charge is -2.47. The predicted molar refractivity (Wildman–Crippen MR) is 63.5 cm³/mol. The van der Waals surface area contributed by atoms with E-state index in [4.69, 9.17) is 9.84 Å². The predicted octanol–water partition coefficient (Wildman–Crippen LogP) is 2.76. The van der Waals surface area contributed by atoms with Crippen LogP contribution < -0.4 is 4.74 Å². The average Bonchev–Trinajstić information content (AvgIpc) is 2.25. The molecule has 0 radical (unpaired) electrons. The molecule has 4 rings (SSSR count). The minimum atomic E-state index is -0.692. The third-order valence-corrected chi connectivity index (χ3v) is 4.27. The number of methoxy groups -OCH3 is 1. The number of carboxylic acid groups (broad SMARTS) is 1. The van der Waals surface area contributed by atoms with Crippen molar-refractivity contribution in [1.82, 2.24) is 0 Å². The van der Waals surface area contributed by atoms with Gasteiger partial charge in [0.1, 0.15) is 5.75 Å². The van der Waals surface area contributed by atoms with Crippen LogP contribution in [0, 0.1) is 5.92 Å². The molecule has 1 atom stereocenters. The SMILES string of the molecule is COc1ccc2c(c1)C1CC(C1)C2CC(=O)O. The Morgan fingerprint density at radius 1 is 1.41 bits per heavy atom. The van der Waals surface area contributed by atoms with E-state index in [2.05, 4.69) is 12.1 Å². The molecular formula is C14H16O3. The second-order valence-electron chi connectivity index (χ2n) is 5.13. The molecule has 2 bridgehead atoms. The molecule has 1 aromatic rings. The Morgan fingerprint density at radius 3 is 2.82 bits per heavy atom.